The number of anilines is 1. The molecule has 1 amide bonds. The molecule has 106 valence electrons. The normalized spacial score (nSPS) is 13.7. The van der Waals surface area contributed by atoms with Crippen molar-refractivity contribution in [2.24, 2.45) is 11.7 Å². The van der Waals surface area contributed by atoms with Gasteiger partial charge in [-0.3, -0.25) is 4.79 Å². The van der Waals surface area contributed by atoms with Gasteiger partial charge in [-0.15, -0.1) is 0 Å². The zero-order valence-corrected chi connectivity index (χ0v) is 12.1. The zero-order valence-electron chi connectivity index (χ0n) is 12.1. The van der Waals surface area contributed by atoms with Crippen LogP contribution < -0.4 is 16.0 Å². The summed E-state index contributed by atoms with van der Waals surface area (Å²) in [6, 6.07) is 9.68. The van der Waals surface area contributed by atoms with Crippen molar-refractivity contribution in [2.75, 3.05) is 25.0 Å². The van der Waals surface area contributed by atoms with E-state index in [1.807, 2.05) is 51.2 Å². The van der Waals surface area contributed by atoms with Crippen LogP contribution in [-0.2, 0) is 4.79 Å². The maximum atomic E-state index is 11.8. The van der Waals surface area contributed by atoms with Crippen molar-refractivity contribution >= 4 is 11.6 Å². The minimum absolute atomic E-state index is 0.0594. The van der Waals surface area contributed by atoms with Crippen LogP contribution in [0, 0.1) is 5.92 Å². The van der Waals surface area contributed by atoms with Gasteiger partial charge in [0.1, 0.15) is 0 Å². The number of carbonyl (C=O) groups excluding carboxylic acids is 1. The lowest BCUT2D eigenvalue weighted by Crippen LogP contribution is -2.46. The first-order valence-electron chi connectivity index (χ1n) is 6.85. The van der Waals surface area contributed by atoms with E-state index in [1.54, 1.807) is 0 Å². The molecular formula is C15H25N3O. The van der Waals surface area contributed by atoms with Crippen LogP contribution in [0.5, 0.6) is 0 Å². The highest BCUT2D eigenvalue weighted by molar-refractivity contribution is 5.81. The van der Waals surface area contributed by atoms with E-state index in [1.165, 1.54) is 0 Å². The van der Waals surface area contributed by atoms with Crippen LogP contribution in [-0.4, -0.2) is 32.1 Å². The fourth-order valence-electron chi connectivity index (χ4n) is 1.79. The summed E-state index contributed by atoms with van der Waals surface area (Å²) in [5.41, 5.74) is 7.02. The quantitative estimate of drug-likeness (QED) is 0.786. The largest absolute Gasteiger partial charge is 0.373 e. The first-order valence-corrected chi connectivity index (χ1v) is 6.85. The third kappa shape index (κ3) is 4.91. The number of hydrogen-bond acceptors (Lipinski definition) is 3. The number of nitrogens with one attached hydrogen (secondary N) is 1. The van der Waals surface area contributed by atoms with Gasteiger partial charge >= 0.3 is 0 Å². The molecular weight excluding hydrogens is 238 g/mol. The summed E-state index contributed by atoms with van der Waals surface area (Å²) < 4.78 is 0. The van der Waals surface area contributed by atoms with E-state index in [2.05, 4.69) is 10.2 Å². The van der Waals surface area contributed by atoms with Crippen LogP contribution >= 0.6 is 0 Å². The second kappa shape index (κ2) is 7.79. The van der Waals surface area contributed by atoms with Gasteiger partial charge in [-0.2, -0.15) is 0 Å². The Hall–Kier alpha value is -1.55. The van der Waals surface area contributed by atoms with E-state index < -0.39 is 6.04 Å². The van der Waals surface area contributed by atoms with Crippen molar-refractivity contribution < 1.29 is 4.79 Å². The van der Waals surface area contributed by atoms with Gasteiger partial charge < -0.3 is 16.0 Å². The third-order valence-electron chi connectivity index (χ3n) is 3.50. The van der Waals surface area contributed by atoms with Crippen LogP contribution in [0.25, 0.3) is 0 Å². The van der Waals surface area contributed by atoms with Crippen LogP contribution in [0.2, 0.25) is 0 Å². The molecule has 1 aromatic rings. The highest BCUT2D eigenvalue weighted by Gasteiger charge is 2.18. The van der Waals surface area contributed by atoms with Gasteiger partial charge in [0, 0.05) is 25.8 Å². The van der Waals surface area contributed by atoms with Crippen LogP contribution in [0.15, 0.2) is 30.3 Å². The molecule has 0 saturated carbocycles. The Kier molecular flexibility index (Phi) is 6.36. The van der Waals surface area contributed by atoms with E-state index in [0.717, 1.165) is 18.7 Å². The fourth-order valence-corrected chi connectivity index (χ4v) is 1.79. The Bertz CT molecular complexity index is 380. The van der Waals surface area contributed by atoms with E-state index in [-0.39, 0.29) is 11.8 Å². The number of nitrogens with two attached hydrogens (primary N) is 1. The highest BCUT2D eigenvalue weighted by Crippen LogP contribution is 2.10. The Morgan fingerprint density at radius 1 is 1.37 bits per heavy atom. The molecule has 1 aromatic carbocycles. The molecule has 4 nitrogen and oxygen atoms in total. The highest BCUT2D eigenvalue weighted by atomic mass is 16.2. The Balaban J connectivity index is 2.32. The molecule has 3 N–H and O–H groups in total. The molecule has 1 rings (SSSR count). The van der Waals surface area contributed by atoms with Gasteiger partial charge in [0.25, 0.3) is 0 Å². The molecule has 0 aliphatic rings. The average Bonchev–Trinajstić information content (AvgIpc) is 2.46. The maximum Gasteiger partial charge on any atom is 0.237 e. The molecule has 19 heavy (non-hydrogen) atoms. The lowest BCUT2D eigenvalue weighted by molar-refractivity contribution is -0.123. The fraction of sp³-hybridized carbons (Fsp3) is 0.533. The summed E-state index contributed by atoms with van der Waals surface area (Å²) in [5.74, 6) is 0.155. The van der Waals surface area contributed by atoms with Gasteiger partial charge in [0.2, 0.25) is 5.91 Å². The number of likely N-dealkylation sites (N-methyl/N-ethyl adjacent to an activating group) is 1. The number of hydrogen-bond donors (Lipinski definition) is 2. The molecule has 0 radical (unpaired) electrons. The molecule has 0 aliphatic carbocycles. The Labute approximate surface area is 116 Å². The van der Waals surface area contributed by atoms with Crippen LogP contribution in [0.1, 0.15) is 20.3 Å². The number of para-hydroxylation sites is 1. The van der Waals surface area contributed by atoms with Crippen molar-refractivity contribution in [3.63, 3.8) is 0 Å². The minimum Gasteiger partial charge on any atom is -0.373 e. The smallest absolute Gasteiger partial charge is 0.237 e. The SMILES string of the molecule is CC[C@H](C)[C@H](N)C(=O)NCCN(C)c1ccccc1. The summed E-state index contributed by atoms with van der Waals surface area (Å²) in [6.07, 6.45) is 0.915. The molecule has 0 aromatic heterocycles. The molecule has 0 bridgehead atoms. The topological polar surface area (TPSA) is 58.4 Å². The first kappa shape index (κ1) is 15.5. The first-order chi connectivity index (χ1) is 9.06. The lowest BCUT2D eigenvalue weighted by Gasteiger charge is -2.21. The molecule has 0 spiro atoms. The number of nitrogens with zero attached hydrogens (tertiary/aromatic N) is 1. The molecule has 0 unspecified atom stereocenters. The lowest BCUT2D eigenvalue weighted by atomic mass is 9.99. The predicted molar refractivity (Wildman–Crippen MR) is 80.2 cm³/mol. The molecule has 2 atom stereocenters. The van der Waals surface area contributed by atoms with Gasteiger partial charge in [0.05, 0.1) is 6.04 Å². The average molecular weight is 263 g/mol. The van der Waals surface area contributed by atoms with E-state index in [9.17, 15) is 4.79 Å². The van der Waals surface area contributed by atoms with Gasteiger partial charge in [-0.1, -0.05) is 38.5 Å². The van der Waals surface area contributed by atoms with Crippen molar-refractivity contribution in [3.05, 3.63) is 30.3 Å². The molecule has 0 fully saturated rings. The van der Waals surface area contributed by atoms with Crippen molar-refractivity contribution in [1.82, 2.24) is 5.32 Å². The number of rotatable bonds is 7. The number of benzene rings is 1. The predicted octanol–water partition coefficient (Wildman–Crippen LogP) is 1.61. The zero-order chi connectivity index (χ0) is 14.3. The van der Waals surface area contributed by atoms with Crippen molar-refractivity contribution in [2.45, 2.75) is 26.3 Å². The molecule has 4 heteroatoms. The second-order valence-corrected chi connectivity index (χ2v) is 4.96. The molecule has 0 heterocycles. The number of carbonyl (C=O) groups is 1. The van der Waals surface area contributed by atoms with Gasteiger partial charge in [-0.25, -0.2) is 0 Å². The Morgan fingerprint density at radius 3 is 2.58 bits per heavy atom. The summed E-state index contributed by atoms with van der Waals surface area (Å²) >= 11 is 0. The molecule has 0 saturated heterocycles. The summed E-state index contributed by atoms with van der Waals surface area (Å²) in [4.78, 5) is 13.9. The van der Waals surface area contributed by atoms with Gasteiger partial charge in [0.15, 0.2) is 0 Å². The van der Waals surface area contributed by atoms with E-state index in [4.69, 9.17) is 5.73 Å². The minimum atomic E-state index is -0.410. The van der Waals surface area contributed by atoms with E-state index in [0.29, 0.717) is 6.54 Å². The summed E-state index contributed by atoms with van der Waals surface area (Å²) in [6.45, 7) is 5.42. The van der Waals surface area contributed by atoms with Crippen LogP contribution in [0.4, 0.5) is 5.69 Å². The molecule has 0 aliphatic heterocycles. The van der Waals surface area contributed by atoms with Crippen molar-refractivity contribution in [3.8, 4) is 0 Å². The summed E-state index contributed by atoms with van der Waals surface area (Å²) in [5, 5.41) is 2.89. The van der Waals surface area contributed by atoms with E-state index >= 15 is 0 Å². The van der Waals surface area contributed by atoms with Gasteiger partial charge in [-0.05, 0) is 18.1 Å². The second-order valence-electron chi connectivity index (χ2n) is 4.96. The summed E-state index contributed by atoms with van der Waals surface area (Å²) in [7, 11) is 2.01. The van der Waals surface area contributed by atoms with Crippen molar-refractivity contribution in [1.29, 1.82) is 0 Å². The monoisotopic (exact) mass is 263 g/mol. The standard InChI is InChI=1S/C15H25N3O/c1-4-12(2)14(16)15(19)17-10-11-18(3)13-8-6-5-7-9-13/h5-9,12,14H,4,10-11,16H2,1-3H3,(H,17,19)/t12-,14-/m0/s1. The van der Waals surface area contributed by atoms with Crippen LogP contribution in [0.3, 0.4) is 0 Å². The number of amides is 1. The third-order valence-corrected chi connectivity index (χ3v) is 3.50. The maximum absolute atomic E-state index is 11.8. The Morgan fingerprint density at radius 2 is 2.00 bits per heavy atom.